The molecule has 2 rings (SSSR count). The first-order chi connectivity index (χ1) is 7.66. The molecule has 0 radical (unpaired) electrons. The Morgan fingerprint density at radius 3 is 2.88 bits per heavy atom. The molecule has 16 heavy (non-hydrogen) atoms. The van der Waals surface area contributed by atoms with Crippen molar-refractivity contribution in [3.05, 3.63) is 23.8 Å². The Morgan fingerprint density at radius 1 is 1.50 bits per heavy atom. The number of hydrogen-bond donors (Lipinski definition) is 2. The van der Waals surface area contributed by atoms with Crippen LogP contribution < -0.4 is 0 Å². The molecule has 0 bridgehead atoms. The number of rotatable bonds is 3. The summed E-state index contributed by atoms with van der Waals surface area (Å²) in [6.45, 7) is 2.12. The SMILES string of the molecule is Cc1nc(CN(C)C(=O)c2ncn[nH]2)n[nH]1. The molecule has 0 saturated heterocycles. The highest BCUT2D eigenvalue weighted by Gasteiger charge is 2.16. The van der Waals surface area contributed by atoms with Crippen LogP contribution in [0.25, 0.3) is 0 Å². The molecule has 0 fully saturated rings. The van der Waals surface area contributed by atoms with Gasteiger partial charge in [-0.3, -0.25) is 15.0 Å². The number of H-pyrrole nitrogens is 2. The van der Waals surface area contributed by atoms with Crippen LogP contribution in [0.3, 0.4) is 0 Å². The molecule has 2 aromatic heterocycles. The molecule has 1 amide bonds. The van der Waals surface area contributed by atoms with Crippen molar-refractivity contribution in [2.24, 2.45) is 0 Å². The number of nitrogens with one attached hydrogen (secondary N) is 2. The highest BCUT2D eigenvalue weighted by atomic mass is 16.2. The second-order valence-electron chi connectivity index (χ2n) is 3.33. The van der Waals surface area contributed by atoms with Crippen molar-refractivity contribution < 1.29 is 4.79 Å². The standard InChI is InChI=1S/C8H11N7O/c1-5-11-6(13-12-5)3-15(2)8(16)7-9-4-10-14-7/h4H,3H2,1-2H3,(H,9,10,14)(H,11,12,13). The fourth-order valence-corrected chi connectivity index (χ4v) is 1.23. The second kappa shape index (κ2) is 4.09. The van der Waals surface area contributed by atoms with Gasteiger partial charge in [0.1, 0.15) is 12.2 Å². The average Bonchev–Trinajstić information content (AvgIpc) is 2.88. The molecule has 0 atom stereocenters. The van der Waals surface area contributed by atoms with Crippen LogP contribution in [-0.2, 0) is 6.54 Å². The average molecular weight is 221 g/mol. The Morgan fingerprint density at radius 2 is 2.31 bits per heavy atom. The van der Waals surface area contributed by atoms with Crippen molar-refractivity contribution in [2.75, 3.05) is 7.05 Å². The lowest BCUT2D eigenvalue weighted by atomic mass is 10.4. The van der Waals surface area contributed by atoms with E-state index in [1.54, 1.807) is 14.0 Å². The zero-order valence-electron chi connectivity index (χ0n) is 8.93. The van der Waals surface area contributed by atoms with Gasteiger partial charge in [0.2, 0.25) is 5.82 Å². The summed E-state index contributed by atoms with van der Waals surface area (Å²) in [5.41, 5.74) is 0. The Balaban J connectivity index is 2.03. The molecule has 2 N–H and O–H groups in total. The van der Waals surface area contributed by atoms with Gasteiger partial charge < -0.3 is 4.90 Å². The van der Waals surface area contributed by atoms with Crippen LogP contribution in [0.2, 0.25) is 0 Å². The third-order valence-electron chi connectivity index (χ3n) is 1.99. The van der Waals surface area contributed by atoms with Crippen molar-refractivity contribution >= 4 is 5.91 Å². The number of nitrogens with zero attached hydrogens (tertiary/aromatic N) is 5. The Bertz CT molecular complexity index is 474. The third kappa shape index (κ3) is 2.05. The van der Waals surface area contributed by atoms with Gasteiger partial charge in [-0.25, -0.2) is 9.97 Å². The molecule has 8 heteroatoms. The number of carbonyl (C=O) groups is 1. The summed E-state index contributed by atoms with van der Waals surface area (Å²) in [6, 6.07) is 0. The first-order valence-electron chi connectivity index (χ1n) is 4.65. The van der Waals surface area contributed by atoms with Crippen LogP contribution in [0.15, 0.2) is 6.33 Å². The van der Waals surface area contributed by atoms with Crippen LogP contribution in [-0.4, -0.2) is 48.2 Å². The van der Waals surface area contributed by atoms with E-state index in [4.69, 9.17) is 0 Å². The van der Waals surface area contributed by atoms with Gasteiger partial charge in [-0.15, -0.1) is 0 Å². The van der Waals surface area contributed by atoms with Gasteiger partial charge >= 0.3 is 0 Å². The summed E-state index contributed by atoms with van der Waals surface area (Å²) in [5, 5.41) is 12.8. The van der Waals surface area contributed by atoms with E-state index in [-0.39, 0.29) is 11.7 Å². The van der Waals surface area contributed by atoms with E-state index in [0.29, 0.717) is 12.4 Å². The Hall–Kier alpha value is -2.25. The lowest BCUT2D eigenvalue weighted by molar-refractivity contribution is 0.0770. The topological polar surface area (TPSA) is 103 Å². The monoisotopic (exact) mass is 221 g/mol. The van der Waals surface area contributed by atoms with Gasteiger partial charge in [0.25, 0.3) is 5.91 Å². The number of aromatic nitrogens is 6. The third-order valence-corrected chi connectivity index (χ3v) is 1.99. The minimum absolute atomic E-state index is 0.203. The zero-order chi connectivity index (χ0) is 11.5. The molecule has 0 unspecified atom stereocenters. The molecule has 0 spiro atoms. The summed E-state index contributed by atoms with van der Waals surface area (Å²) in [4.78, 5) is 21.1. The highest BCUT2D eigenvalue weighted by Crippen LogP contribution is 2.00. The predicted octanol–water partition coefficient (Wildman–Crippen LogP) is -0.497. The lowest BCUT2D eigenvalue weighted by Gasteiger charge is -2.12. The van der Waals surface area contributed by atoms with Crippen molar-refractivity contribution in [1.82, 2.24) is 35.3 Å². The van der Waals surface area contributed by atoms with Gasteiger partial charge in [0.15, 0.2) is 5.82 Å². The van der Waals surface area contributed by atoms with Gasteiger partial charge in [-0.05, 0) is 6.92 Å². The lowest BCUT2D eigenvalue weighted by Crippen LogP contribution is -2.27. The molecule has 2 aromatic rings. The van der Waals surface area contributed by atoms with E-state index < -0.39 is 0 Å². The molecule has 0 aromatic carbocycles. The van der Waals surface area contributed by atoms with Crippen molar-refractivity contribution in [3.63, 3.8) is 0 Å². The van der Waals surface area contributed by atoms with E-state index in [1.165, 1.54) is 11.2 Å². The maximum atomic E-state index is 11.7. The first-order valence-corrected chi connectivity index (χ1v) is 4.65. The van der Waals surface area contributed by atoms with Gasteiger partial charge in [-0.1, -0.05) is 0 Å². The van der Waals surface area contributed by atoms with E-state index in [2.05, 4.69) is 30.4 Å². The second-order valence-corrected chi connectivity index (χ2v) is 3.33. The molecule has 0 aliphatic rings. The smallest absolute Gasteiger partial charge is 0.291 e. The summed E-state index contributed by atoms with van der Waals surface area (Å²) in [6.07, 6.45) is 1.29. The number of aryl methyl sites for hydroxylation is 1. The van der Waals surface area contributed by atoms with E-state index in [0.717, 1.165) is 5.82 Å². The fourth-order valence-electron chi connectivity index (χ4n) is 1.23. The molecule has 84 valence electrons. The molecule has 0 aliphatic heterocycles. The summed E-state index contributed by atoms with van der Waals surface area (Å²) < 4.78 is 0. The Labute approximate surface area is 91.1 Å². The quantitative estimate of drug-likeness (QED) is 0.727. The van der Waals surface area contributed by atoms with E-state index >= 15 is 0 Å². The first kappa shape index (κ1) is 10.3. The predicted molar refractivity (Wildman–Crippen MR) is 53.3 cm³/mol. The molecule has 0 aliphatic carbocycles. The maximum Gasteiger partial charge on any atom is 0.291 e. The number of carbonyl (C=O) groups excluding carboxylic acids is 1. The van der Waals surface area contributed by atoms with E-state index in [1.807, 2.05) is 0 Å². The summed E-state index contributed by atoms with van der Waals surface area (Å²) in [7, 11) is 1.65. The number of amides is 1. The normalized spacial score (nSPS) is 10.4. The maximum absolute atomic E-state index is 11.7. The van der Waals surface area contributed by atoms with E-state index in [9.17, 15) is 4.79 Å². The highest BCUT2D eigenvalue weighted by molar-refractivity contribution is 5.89. The number of aromatic amines is 2. The van der Waals surface area contributed by atoms with Crippen molar-refractivity contribution in [2.45, 2.75) is 13.5 Å². The number of hydrogen-bond acceptors (Lipinski definition) is 5. The van der Waals surface area contributed by atoms with Crippen LogP contribution in [0, 0.1) is 6.92 Å². The van der Waals surface area contributed by atoms with Crippen LogP contribution in [0.5, 0.6) is 0 Å². The molecular weight excluding hydrogens is 210 g/mol. The molecular formula is C8H11N7O. The molecule has 0 saturated carbocycles. The van der Waals surface area contributed by atoms with Crippen molar-refractivity contribution in [1.29, 1.82) is 0 Å². The summed E-state index contributed by atoms with van der Waals surface area (Å²) >= 11 is 0. The minimum atomic E-state index is -0.250. The largest absolute Gasteiger partial charge is 0.331 e. The van der Waals surface area contributed by atoms with Gasteiger partial charge in [0.05, 0.1) is 6.54 Å². The van der Waals surface area contributed by atoms with Gasteiger partial charge in [0, 0.05) is 7.05 Å². The van der Waals surface area contributed by atoms with Crippen molar-refractivity contribution in [3.8, 4) is 0 Å². The Kier molecular flexibility index (Phi) is 2.63. The summed E-state index contributed by atoms with van der Waals surface area (Å²) in [5.74, 6) is 1.23. The van der Waals surface area contributed by atoms with Crippen LogP contribution in [0.1, 0.15) is 22.3 Å². The van der Waals surface area contributed by atoms with Gasteiger partial charge in [-0.2, -0.15) is 10.2 Å². The minimum Gasteiger partial charge on any atom is -0.331 e. The van der Waals surface area contributed by atoms with Crippen LogP contribution in [0.4, 0.5) is 0 Å². The molecule has 2 heterocycles. The fraction of sp³-hybridized carbons (Fsp3) is 0.375. The van der Waals surface area contributed by atoms with Crippen LogP contribution >= 0.6 is 0 Å². The zero-order valence-corrected chi connectivity index (χ0v) is 8.93. The molecule has 8 nitrogen and oxygen atoms in total.